The summed E-state index contributed by atoms with van der Waals surface area (Å²) in [6.07, 6.45) is 5.22. The third kappa shape index (κ3) is 4.13. The Hall–Kier alpha value is -1.63. The highest BCUT2D eigenvalue weighted by Crippen LogP contribution is 2.38. The number of nitrogens with zero attached hydrogens (tertiary/aromatic N) is 2. The molecule has 2 saturated heterocycles. The van der Waals surface area contributed by atoms with E-state index in [0.29, 0.717) is 12.8 Å². The van der Waals surface area contributed by atoms with Crippen molar-refractivity contribution >= 4 is 29.7 Å². The average Bonchev–Trinajstić information content (AvgIpc) is 3.35. The van der Waals surface area contributed by atoms with Crippen molar-refractivity contribution in [2.24, 2.45) is 0 Å². The molecule has 0 aliphatic carbocycles. The van der Waals surface area contributed by atoms with E-state index in [-0.39, 0.29) is 24.4 Å². The van der Waals surface area contributed by atoms with Crippen molar-refractivity contribution in [1.82, 2.24) is 15.2 Å². The van der Waals surface area contributed by atoms with Crippen molar-refractivity contribution in [3.63, 3.8) is 0 Å². The lowest BCUT2D eigenvalue weighted by Gasteiger charge is -2.40. The van der Waals surface area contributed by atoms with E-state index in [2.05, 4.69) is 17.2 Å². The fourth-order valence-electron chi connectivity index (χ4n) is 3.95. The standard InChI is InChI=1S/C20H25N3O2S.ClH/c1-15-4-6-16(7-5-15)25-20(8-10-21-11-9-20)19(24)23-13-2-3-17(23)18-22-12-14-26-18;/h4-7,12,14,17,21H,2-3,8-11,13H2,1H3;1H. The van der Waals surface area contributed by atoms with E-state index >= 15 is 0 Å². The van der Waals surface area contributed by atoms with Gasteiger partial charge in [-0.05, 0) is 45.0 Å². The van der Waals surface area contributed by atoms with Crippen LogP contribution in [0.2, 0.25) is 0 Å². The van der Waals surface area contributed by atoms with Crippen LogP contribution in [0.25, 0.3) is 0 Å². The van der Waals surface area contributed by atoms with E-state index in [1.54, 1.807) is 11.3 Å². The summed E-state index contributed by atoms with van der Waals surface area (Å²) in [5, 5.41) is 6.38. The monoisotopic (exact) mass is 407 g/mol. The Labute approximate surface area is 170 Å². The molecule has 1 amide bonds. The zero-order chi connectivity index (χ0) is 18.0. The molecule has 7 heteroatoms. The van der Waals surface area contributed by atoms with Crippen LogP contribution in [0.5, 0.6) is 5.75 Å². The number of nitrogens with one attached hydrogen (secondary N) is 1. The number of carbonyl (C=O) groups is 1. The van der Waals surface area contributed by atoms with Gasteiger partial charge in [-0.2, -0.15) is 0 Å². The van der Waals surface area contributed by atoms with Gasteiger partial charge >= 0.3 is 0 Å². The highest BCUT2D eigenvalue weighted by atomic mass is 35.5. The third-order valence-corrected chi connectivity index (χ3v) is 6.26. The van der Waals surface area contributed by atoms with Crippen LogP contribution in [0.4, 0.5) is 0 Å². The van der Waals surface area contributed by atoms with Gasteiger partial charge in [0.15, 0.2) is 5.60 Å². The third-order valence-electron chi connectivity index (χ3n) is 5.39. The molecule has 1 atom stereocenters. The van der Waals surface area contributed by atoms with Gasteiger partial charge in [-0.3, -0.25) is 4.79 Å². The van der Waals surface area contributed by atoms with Crippen molar-refractivity contribution in [3.8, 4) is 5.75 Å². The lowest BCUT2D eigenvalue weighted by molar-refractivity contribution is -0.151. The second kappa shape index (κ2) is 8.59. The Bertz CT molecular complexity index is 745. The number of hydrogen-bond donors (Lipinski definition) is 1. The molecule has 1 N–H and O–H groups in total. The summed E-state index contributed by atoms with van der Waals surface area (Å²) in [7, 11) is 0. The van der Waals surface area contributed by atoms with Gasteiger partial charge in [-0.15, -0.1) is 23.7 Å². The van der Waals surface area contributed by atoms with Gasteiger partial charge in [-0.25, -0.2) is 4.98 Å². The number of rotatable bonds is 4. The number of aromatic nitrogens is 1. The summed E-state index contributed by atoms with van der Waals surface area (Å²) in [6, 6.07) is 8.09. The van der Waals surface area contributed by atoms with Crippen LogP contribution in [0, 0.1) is 6.92 Å². The number of carbonyl (C=O) groups excluding carboxylic acids is 1. The molecular formula is C20H26ClN3O2S. The molecule has 146 valence electrons. The largest absolute Gasteiger partial charge is 0.477 e. The number of piperidine rings is 1. The summed E-state index contributed by atoms with van der Waals surface area (Å²) in [5.41, 5.74) is 0.409. The molecule has 2 aliphatic rings. The maximum absolute atomic E-state index is 13.6. The first-order valence-corrected chi connectivity index (χ1v) is 10.2. The number of amides is 1. The number of ether oxygens (including phenoxy) is 1. The summed E-state index contributed by atoms with van der Waals surface area (Å²) >= 11 is 1.63. The normalized spacial score (nSPS) is 21.5. The maximum atomic E-state index is 13.6. The molecule has 1 aromatic carbocycles. The molecule has 4 rings (SSSR count). The van der Waals surface area contributed by atoms with Gasteiger partial charge in [-0.1, -0.05) is 17.7 Å². The predicted octanol–water partition coefficient (Wildman–Crippen LogP) is 3.74. The van der Waals surface area contributed by atoms with E-state index in [1.807, 2.05) is 40.7 Å². The minimum absolute atomic E-state index is 0. The molecule has 2 aromatic rings. The van der Waals surface area contributed by atoms with Gasteiger partial charge < -0.3 is 15.0 Å². The first-order chi connectivity index (χ1) is 12.7. The number of likely N-dealkylation sites (tertiary alicyclic amines) is 1. The van der Waals surface area contributed by atoms with Crippen LogP contribution in [0.1, 0.15) is 42.3 Å². The lowest BCUT2D eigenvalue weighted by Crippen LogP contribution is -2.57. The molecule has 0 saturated carbocycles. The Morgan fingerprint density at radius 2 is 2.04 bits per heavy atom. The molecule has 0 spiro atoms. The topological polar surface area (TPSA) is 54.5 Å². The van der Waals surface area contributed by atoms with Crippen LogP contribution in [-0.2, 0) is 4.79 Å². The fraction of sp³-hybridized carbons (Fsp3) is 0.500. The zero-order valence-electron chi connectivity index (χ0n) is 15.5. The van der Waals surface area contributed by atoms with E-state index < -0.39 is 5.60 Å². The van der Waals surface area contributed by atoms with Crippen molar-refractivity contribution in [2.75, 3.05) is 19.6 Å². The average molecular weight is 408 g/mol. The van der Waals surface area contributed by atoms with Crippen LogP contribution < -0.4 is 10.1 Å². The quantitative estimate of drug-likeness (QED) is 0.838. The van der Waals surface area contributed by atoms with Crippen molar-refractivity contribution in [2.45, 2.75) is 44.2 Å². The Balaban J connectivity index is 0.00000210. The minimum Gasteiger partial charge on any atom is -0.477 e. The van der Waals surface area contributed by atoms with Gasteiger partial charge in [0, 0.05) is 31.0 Å². The molecule has 2 aliphatic heterocycles. The molecule has 0 radical (unpaired) electrons. The smallest absolute Gasteiger partial charge is 0.267 e. The maximum Gasteiger partial charge on any atom is 0.267 e. The second-order valence-electron chi connectivity index (χ2n) is 7.19. The summed E-state index contributed by atoms with van der Waals surface area (Å²) in [5.74, 6) is 0.896. The Morgan fingerprint density at radius 3 is 2.70 bits per heavy atom. The van der Waals surface area contributed by atoms with Gasteiger partial charge in [0.25, 0.3) is 5.91 Å². The summed E-state index contributed by atoms with van der Waals surface area (Å²) < 4.78 is 6.39. The Morgan fingerprint density at radius 1 is 1.30 bits per heavy atom. The zero-order valence-corrected chi connectivity index (χ0v) is 17.2. The van der Waals surface area contributed by atoms with Crippen molar-refractivity contribution in [3.05, 3.63) is 46.4 Å². The van der Waals surface area contributed by atoms with E-state index in [1.165, 1.54) is 5.56 Å². The van der Waals surface area contributed by atoms with Crippen LogP contribution in [0.15, 0.2) is 35.8 Å². The molecule has 1 aromatic heterocycles. The molecule has 0 bridgehead atoms. The molecule has 27 heavy (non-hydrogen) atoms. The van der Waals surface area contributed by atoms with E-state index in [4.69, 9.17) is 4.74 Å². The lowest BCUT2D eigenvalue weighted by atomic mass is 9.90. The molecule has 3 heterocycles. The minimum atomic E-state index is -0.777. The van der Waals surface area contributed by atoms with Crippen LogP contribution >= 0.6 is 23.7 Å². The Kier molecular flexibility index (Phi) is 6.40. The SMILES string of the molecule is Cc1ccc(OC2(C(=O)N3CCCC3c3nccs3)CCNCC2)cc1.Cl. The first kappa shape index (κ1) is 20.1. The highest BCUT2D eigenvalue weighted by molar-refractivity contribution is 7.09. The van der Waals surface area contributed by atoms with Gasteiger partial charge in [0.05, 0.1) is 6.04 Å². The second-order valence-corrected chi connectivity index (χ2v) is 8.11. The summed E-state index contributed by atoms with van der Waals surface area (Å²) in [6.45, 7) is 4.44. The number of benzene rings is 1. The van der Waals surface area contributed by atoms with Crippen molar-refractivity contribution in [1.29, 1.82) is 0 Å². The number of hydrogen-bond acceptors (Lipinski definition) is 5. The van der Waals surface area contributed by atoms with E-state index in [9.17, 15) is 4.79 Å². The van der Waals surface area contributed by atoms with Crippen LogP contribution in [0.3, 0.4) is 0 Å². The van der Waals surface area contributed by atoms with Gasteiger partial charge in [0.2, 0.25) is 0 Å². The number of halogens is 1. The summed E-state index contributed by atoms with van der Waals surface area (Å²) in [4.78, 5) is 20.1. The molecule has 5 nitrogen and oxygen atoms in total. The molecule has 1 unspecified atom stereocenters. The predicted molar refractivity (Wildman–Crippen MR) is 110 cm³/mol. The molecule has 2 fully saturated rings. The van der Waals surface area contributed by atoms with Crippen molar-refractivity contribution < 1.29 is 9.53 Å². The first-order valence-electron chi connectivity index (χ1n) is 9.35. The number of aryl methyl sites for hydroxylation is 1. The fourth-order valence-corrected chi connectivity index (χ4v) is 4.73. The highest BCUT2D eigenvalue weighted by Gasteiger charge is 2.47. The van der Waals surface area contributed by atoms with E-state index in [0.717, 1.165) is 43.2 Å². The number of thiazole rings is 1. The molecular weight excluding hydrogens is 382 g/mol. The van der Waals surface area contributed by atoms with Gasteiger partial charge in [0.1, 0.15) is 10.8 Å². The van der Waals surface area contributed by atoms with Crippen LogP contribution in [-0.4, -0.2) is 41.0 Å².